The summed E-state index contributed by atoms with van der Waals surface area (Å²) in [6, 6.07) is 7.45. The average molecular weight is 539 g/mol. The van der Waals surface area contributed by atoms with Gasteiger partial charge >= 0.3 is 0 Å². The molecule has 0 unspecified atom stereocenters. The summed E-state index contributed by atoms with van der Waals surface area (Å²) in [6.07, 6.45) is 10.2. The summed E-state index contributed by atoms with van der Waals surface area (Å²) in [5.41, 5.74) is 0. The van der Waals surface area contributed by atoms with Crippen LogP contribution < -0.4 is 9.47 Å². The zero-order valence-corrected chi connectivity index (χ0v) is 22.3. The van der Waals surface area contributed by atoms with Crippen LogP contribution in [0.1, 0.15) is 0 Å². The SMILES string of the molecule is C#CCOCCOCCOCCOCCOc1cccc(OCCOCCOCCOCCOCC#C)c1. The van der Waals surface area contributed by atoms with E-state index >= 15 is 0 Å². The Kier molecular flexibility index (Phi) is 24.5. The smallest absolute Gasteiger partial charge is 0.123 e. The highest BCUT2D eigenvalue weighted by atomic mass is 16.6. The Bertz CT molecular complexity index is 674. The molecule has 0 aromatic heterocycles. The molecule has 0 aliphatic heterocycles. The first kappa shape index (κ1) is 33.6. The fourth-order valence-electron chi connectivity index (χ4n) is 2.67. The van der Waals surface area contributed by atoms with Crippen LogP contribution in [0.3, 0.4) is 0 Å². The van der Waals surface area contributed by atoms with Gasteiger partial charge in [0.25, 0.3) is 0 Å². The minimum absolute atomic E-state index is 0.303. The predicted octanol–water partition coefficient (Wildman–Crippen LogP) is 1.84. The molecule has 0 bridgehead atoms. The lowest BCUT2D eigenvalue weighted by Gasteiger charge is -2.11. The zero-order chi connectivity index (χ0) is 27.2. The summed E-state index contributed by atoms with van der Waals surface area (Å²) in [6.45, 7) is 8.31. The van der Waals surface area contributed by atoms with E-state index in [-0.39, 0.29) is 0 Å². The predicted molar refractivity (Wildman–Crippen MR) is 142 cm³/mol. The molecule has 38 heavy (non-hydrogen) atoms. The maximum atomic E-state index is 5.71. The van der Waals surface area contributed by atoms with Crippen LogP contribution in [0.4, 0.5) is 0 Å². The summed E-state index contributed by atoms with van der Waals surface area (Å²) in [5, 5.41) is 0. The van der Waals surface area contributed by atoms with Gasteiger partial charge in [0, 0.05) is 6.07 Å². The summed E-state index contributed by atoms with van der Waals surface area (Å²) in [7, 11) is 0. The zero-order valence-electron chi connectivity index (χ0n) is 22.3. The second-order valence-electron chi connectivity index (χ2n) is 7.36. The van der Waals surface area contributed by atoms with Gasteiger partial charge in [0.15, 0.2) is 0 Å². The molecule has 0 saturated heterocycles. The molecule has 0 radical (unpaired) electrons. The maximum absolute atomic E-state index is 5.71. The molecule has 10 nitrogen and oxygen atoms in total. The molecule has 0 saturated carbocycles. The quantitative estimate of drug-likeness (QED) is 0.116. The van der Waals surface area contributed by atoms with Gasteiger partial charge in [-0.05, 0) is 12.1 Å². The Morgan fingerprint density at radius 1 is 0.421 bits per heavy atom. The fourth-order valence-corrected chi connectivity index (χ4v) is 2.67. The van der Waals surface area contributed by atoms with E-state index in [1.807, 2.05) is 24.3 Å². The van der Waals surface area contributed by atoms with Gasteiger partial charge in [0.05, 0.1) is 92.5 Å². The lowest BCUT2D eigenvalue weighted by molar-refractivity contribution is -0.00211. The Labute approximate surface area is 227 Å². The van der Waals surface area contributed by atoms with Gasteiger partial charge in [0.1, 0.15) is 37.9 Å². The molecular weight excluding hydrogens is 496 g/mol. The van der Waals surface area contributed by atoms with E-state index < -0.39 is 0 Å². The first-order valence-electron chi connectivity index (χ1n) is 12.7. The van der Waals surface area contributed by atoms with Crippen LogP contribution in [0, 0.1) is 24.7 Å². The first-order chi connectivity index (χ1) is 18.9. The number of terminal acetylenes is 2. The van der Waals surface area contributed by atoms with Gasteiger partial charge in [-0.3, -0.25) is 0 Å². The van der Waals surface area contributed by atoms with Gasteiger partial charge in [-0.15, -0.1) is 12.8 Å². The van der Waals surface area contributed by atoms with Crippen LogP contribution in [-0.4, -0.2) is 119 Å². The highest BCUT2D eigenvalue weighted by Gasteiger charge is 2.00. The molecule has 0 spiro atoms. The fraction of sp³-hybridized carbons (Fsp3) is 0.643. The van der Waals surface area contributed by atoms with Gasteiger partial charge in [-0.1, -0.05) is 17.9 Å². The van der Waals surface area contributed by atoms with Crippen LogP contribution >= 0.6 is 0 Å². The number of hydrogen-bond donors (Lipinski definition) is 0. The lowest BCUT2D eigenvalue weighted by Crippen LogP contribution is -2.14. The van der Waals surface area contributed by atoms with E-state index in [0.717, 1.165) is 0 Å². The molecule has 10 heteroatoms. The number of benzene rings is 1. The molecule has 0 aliphatic carbocycles. The standard InChI is InChI=1S/C28H42O10/c1-3-8-29-10-12-31-14-16-33-18-20-35-22-24-37-27-6-5-7-28(26-27)38-25-23-36-21-19-34-17-15-32-13-11-30-9-4-2/h1-2,5-7,26H,8-25H2. The summed E-state index contributed by atoms with van der Waals surface area (Å²) in [4.78, 5) is 0. The van der Waals surface area contributed by atoms with Crippen LogP contribution in [0.25, 0.3) is 0 Å². The summed E-state index contributed by atoms with van der Waals surface area (Å²) < 4.78 is 54.2. The van der Waals surface area contributed by atoms with Gasteiger partial charge < -0.3 is 47.4 Å². The number of hydrogen-bond acceptors (Lipinski definition) is 10. The minimum atomic E-state index is 0.303. The highest BCUT2D eigenvalue weighted by Crippen LogP contribution is 2.19. The Hall–Kier alpha value is -2.38. The second kappa shape index (κ2) is 27.6. The third-order valence-corrected chi connectivity index (χ3v) is 4.40. The third kappa shape index (κ3) is 22.8. The van der Waals surface area contributed by atoms with E-state index in [0.29, 0.717) is 130 Å². The van der Waals surface area contributed by atoms with Gasteiger partial charge in [0.2, 0.25) is 0 Å². The lowest BCUT2D eigenvalue weighted by atomic mass is 10.3. The Balaban J connectivity index is 1.88. The van der Waals surface area contributed by atoms with Crippen molar-refractivity contribution in [3.63, 3.8) is 0 Å². The third-order valence-electron chi connectivity index (χ3n) is 4.40. The monoisotopic (exact) mass is 538 g/mol. The van der Waals surface area contributed by atoms with Crippen molar-refractivity contribution in [2.45, 2.75) is 0 Å². The second-order valence-corrected chi connectivity index (χ2v) is 7.36. The topological polar surface area (TPSA) is 92.3 Å². The van der Waals surface area contributed by atoms with Gasteiger partial charge in [-0.2, -0.15) is 0 Å². The molecule has 1 rings (SSSR count). The molecule has 0 amide bonds. The number of rotatable bonds is 28. The van der Waals surface area contributed by atoms with Crippen LogP contribution in [0.2, 0.25) is 0 Å². The average Bonchev–Trinajstić information content (AvgIpc) is 2.93. The Morgan fingerprint density at radius 2 is 0.711 bits per heavy atom. The molecule has 1 aromatic rings. The van der Waals surface area contributed by atoms with Crippen molar-refractivity contribution in [3.8, 4) is 36.2 Å². The molecule has 0 fully saturated rings. The van der Waals surface area contributed by atoms with Crippen molar-refractivity contribution in [2.24, 2.45) is 0 Å². The normalized spacial score (nSPS) is 10.7. The van der Waals surface area contributed by atoms with Crippen molar-refractivity contribution < 1.29 is 47.4 Å². The highest BCUT2D eigenvalue weighted by molar-refractivity contribution is 5.32. The van der Waals surface area contributed by atoms with Crippen LogP contribution in [-0.2, 0) is 37.9 Å². The maximum Gasteiger partial charge on any atom is 0.123 e. The summed E-state index contributed by atoms with van der Waals surface area (Å²) >= 11 is 0. The minimum Gasteiger partial charge on any atom is -0.491 e. The molecule has 0 heterocycles. The number of ether oxygens (including phenoxy) is 10. The molecule has 0 N–H and O–H groups in total. The van der Waals surface area contributed by atoms with Gasteiger partial charge in [-0.25, -0.2) is 0 Å². The van der Waals surface area contributed by atoms with E-state index in [1.54, 1.807) is 0 Å². The van der Waals surface area contributed by atoms with E-state index in [1.165, 1.54) is 0 Å². The Morgan fingerprint density at radius 3 is 1.03 bits per heavy atom. The van der Waals surface area contributed by atoms with E-state index in [9.17, 15) is 0 Å². The van der Waals surface area contributed by atoms with E-state index in [2.05, 4.69) is 11.8 Å². The van der Waals surface area contributed by atoms with Crippen molar-refractivity contribution in [3.05, 3.63) is 24.3 Å². The van der Waals surface area contributed by atoms with E-state index in [4.69, 9.17) is 60.2 Å². The first-order valence-corrected chi connectivity index (χ1v) is 12.7. The van der Waals surface area contributed by atoms with Crippen LogP contribution in [0.15, 0.2) is 24.3 Å². The molecule has 0 aliphatic rings. The molecular formula is C28H42O10. The van der Waals surface area contributed by atoms with Crippen molar-refractivity contribution in [2.75, 3.05) is 119 Å². The molecule has 1 aromatic carbocycles. The van der Waals surface area contributed by atoms with Crippen LogP contribution in [0.5, 0.6) is 11.5 Å². The molecule has 214 valence electrons. The summed E-state index contributed by atoms with van der Waals surface area (Å²) in [5.74, 6) is 6.22. The van der Waals surface area contributed by atoms with Crippen molar-refractivity contribution >= 4 is 0 Å². The van der Waals surface area contributed by atoms with Crippen molar-refractivity contribution in [1.82, 2.24) is 0 Å². The molecule has 0 atom stereocenters. The largest absolute Gasteiger partial charge is 0.491 e. The van der Waals surface area contributed by atoms with Crippen molar-refractivity contribution in [1.29, 1.82) is 0 Å².